The number of aromatic nitrogens is 1. The number of ether oxygens (including phenoxy) is 1. The van der Waals surface area contributed by atoms with Gasteiger partial charge in [0.1, 0.15) is 5.75 Å². The van der Waals surface area contributed by atoms with Crippen LogP contribution in [0.3, 0.4) is 0 Å². The monoisotopic (exact) mass is 482 g/mol. The summed E-state index contributed by atoms with van der Waals surface area (Å²) >= 11 is 1.46. The third-order valence-corrected chi connectivity index (χ3v) is 9.59. The lowest BCUT2D eigenvalue weighted by molar-refractivity contribution is -0.147. The largest absolute Gasteiger partial charge is 0.497 e. The van der Waals surface area contributed by atoms with Gasteiger partial charge in [0, 0.05) is 24.5 Å². The van der Waals surface area contributed by atoms with Crippen molar-refractivity contribution < 1.29 is 14.3 Å². The van der Waals surface area contributed by atoms with E-state index in [0.29, 0.717) is 17.6 Å². The van der Waals surface area contributed by atoms with Crippen LogP contribution in [-0.4, -0.2) is 54.5 Å². The smallest absolute Gasteiger partial charge is 0.240 e. The van der Waals surface area contributed by atoms with Crippen molar-refractivity contribution in [3.05, 3.63) is 18.2 Å². The van der Waals surface area contributed by atoms with E-state index in [1.54, 1.807) is 7.11 Å². The van der Waals surface area contributed by atoms with Crippen molar-refractivity contribution >= 4 is 38.5 Å². The highest BCUT2D eigenvalue weighted by atomic mass is 32.1. The Morgan fingerprint density at radius 1 is 1.12 bits per heavy atom. The van der Waals surface area contributed by atoms with Crippen LogP contribution in [0.4, 0.5) is 5.13 Å². The zero-order chi connectivity index (χ0) is 23.3. The van der Waals surface area contributed by atoms with Gasteiger partial charge in [-0.1, -0.05) is 11.3 Å². The molecule has 2 heterocycles. The molecule has 0 spiro atoms. The standard InChI is InChI=1S/C26H34N4O3S/c1-33-20-2-3-21-22(11-20)34-25(28-21)29-23(31)15-30-6-4-19(5-7-30)27-24(32)26-12-16-8-17(13-26)10-18(9-16)14-26/h2-3,11,16-19H,4-10,12-15H2,1H3,(H,27,32)(H,28,29,31). The molecule has 1 aromatic carbocycles. The number of nitrogens with zero attached hydrogens (tertiary/aromatic N) is 2. The number of benzene rings is 1. The number of methoxy groups -OCH3 is 1. The molecule has 1 saturated heterocycles. The van der Waals surface area contributed by atoms with Gasteiger partial charge >= 0.3 is 0 Å². The molecule has 1 aromatic heterocycles. The molecule has 0 unspecified atom stereocenters. The molecule has 2 N–H and O–H groups in total. The number of hydrogen-bond acceptors (Lipinski definition) is 6. The number of amides is 2. The lowest BCUT2D eigenvalue weighted by atomic mass is 9.49. The van der Waals surface area contributed by atoms with Crippen LogP contribution >= 0.6 is 11.3 Å². The van der Waals surface area contributed by atoms with Crippen LogP contribution < -0.4 is 15.4 Å². The van der Waals surface area contributed by atoms with Gasteiger partial charge < -0.3 is 15.4 Å². The fourth-order valence-corrected chi connectivity index (χ4v) is 8.32. The highest BCUT2D eigenvalue weighted by molar-refractivity contribution is 7.22. The maximum absolute atomic E-state index is 13.3. The van der Waals surface area contributed by atoms with Crippen LogP contribution in [-0.2, 0) is 9.59 Å². The van der Waals surface area contributed by atoms with Gasteiger partial charge in [0.2, 0.25) is 11.8 Å². The molecule has 0 radical (unpaired) electrons. The van der Waals surface area contributed by atoms with Crippen LogP contribution in [0.5, 0.6) is 5.75 Å². The van der Waals surface area contributed by atoms with Gasteiger partial charge in [-0.2, -0.15) is 0 Å². The van der Waals surface area contributed by atoms with Gasteiger partial charge in [-0.25, -0.2) is 4.98 Å². The minimum atomic E-state index is -0.0764. The molecule has 8 heteroatoms. The van der Waals surface area contributed by atoms with E-state index in [9.17, 15) is 9.59 Å². The first-order chi connectivity index (χ1) is 16.5. The summed E-state index contributed by atoms with van der Waals surface area (Å²) in [6, 6.07) is 5.95. The molecule has 2 aromatic rings. The Morgan fingerprint density at radius 2 is 1.79 bits per heavy atom. The highest BCUT2D eigenvalue weighted by Crippen LogP contribution is 2.60. The zero-order valence-electron chi connectivity index (χ0n) is 19.8. The number of hydrogen-bond donors (Lipinski definition) is 2. The van der Waals surface area contributed by atoms with Gasteiger partial charge in [0.25, 0.3) is 0 Å². The molecule has 5 fully saturated rings. The van der Waals surface area contributed by atoms with Crippen LogP contribution in [0.2, 0.25) is 0 Å². The van der Waals surface area contributed by atoms with Crippen LogP contribution in [0.15, 0.2) is 18.2 Å². The topological polar surface area (TPSA) is 83.6 Å². The average Bonchev–Trinajstić information content (AvgIpc) is 3.20. The number of carbonyl (C=O) groups excluding carboxylic acids is 2. The van der Waals surface area contributed by atoms with Crippen molar-refractivity contribution in [2.75, 3.05) is 32.1 Å². The first-order valence-corrected chi connectivity index (χ1v) is 13.6. The molecular weight excluding hydrogens is 448 g/mol. The maximum atomic E-state index is 13.3. The highest BCUT2D eigenvalue weighted by Gasteiger charge is 2.54. The number of thiazole rings is 1. The molecule has 1 aliphatic heterocycles. The fraction of sp³-hybridized carbons (Fsp3) is 0.654. The number of rotatable bonds is 6. The first kappa shape index (κ1) is 22.3. The number of carbonyl (C=O) groups is 2. The minimum Gasteiger partial charge on any atom is -0.497 e. The summed E-state index contributed by atoms with van der Waals surface area (Å²) in [6.45, 7) is 2.02. The predicted molar refractivity (Wildman–Crippen MR) is 133 cm³/mol. The molecular formula is C26H34N4O3S. The molecule has 4 saturated carbocycles. The Balaban J connectivity index is 0.984. The van der Waals surface area contributed by atoms with Crippen LogP contribution in [0.25, 0.3) is 10.2 Å². The first-order valence-electron chi connectivity index (χ1n) is 12.8. The van der Waals surface area contributed by atoms with E-state index in [1.807, 2.05) is 18.2 Å². The molecule has 0 atom stereocenters. The van der Waals surface area contributed by atoms with Gasteiger partial charge in [-0.05, 0) is 87.3 Å². The molecule has 5 aliphatic rings. The fourth-order valence-electron chi connectivity index (χ4n) is 7.41. The Kier molecular flexibility index (Phi) is 5.76. The molecule has 7 nitrogen and oxygen atoms in total. The van der Waals surface area contributed by atoms with Crippen molar-refractivity contribution in [3.8, 4) is 5.75 Å². The Labute approximate surface area is 204 Å². The third kappa shape index (κ3) is 4.31. The Morgan fingerprint density at radius 3 is 2.44 bits per heavy atom. The molecule has 4 bridgehead atoms. The second kappa shape index (κ2) is 8.79. The van der Waals surface area contributed by atoms with E-state index in [1.165, 1.54) is 30.6 Å². The summed E-state index contributed by atoms with van der Waals surface area (Å²) < 4.78 is 6.26. The third-order valence-electron chi connectivity index (χ3n) is 8.65. The van der Waals surface area contributed by atoms with Crippen molar-refractivity contribution in [2.45, 2.75) is 57.4 Å². The van der Waals surface area contributed by atoms with Gasteiger partial charge in [0.15, 0.2) is 5.13 Å². The number of piperidine rings is 1. The quantitative estimate of drug-likeness (QED) is 0.649. The lowest BCUT2D eigenvalue weighted by Crippen LogP contribution is -2.56. The Bertz CT molecular complexity index is 1060. The summed E-state index contributed by atoms with van der Waals surface area (Å²) in [5, 5.41) is 7.00. The van der Waals surface area contributed by atoms with Gasteiger partial charge in [0.05, 0.1) is 23.9 Å². The van der Waals surface area contributed by atoms with Crippen molar-refractivity contribution in [1.82, 2.24) is 15.2 Å². The van der Waals surface area contributed by atoms with Crippen molar-refractivity contribution in [2.24, 2.45) is 23.2 Å². The van der Waals surface area contributed by atoms with Crippen LogP contribution in [0, 0.1) is 23.2 Å². The zero-order valence-corrected chi connectivity index (χ0v) is 20.7. The van der Waals surface area contributed by atoms with Gasteiger partial charge in [-0.15, -0.1) is 0 Å². The second-order valence-corrected chi connectivity index (χ2v) is 12.2. The number of fused-ring (bicyclic) bond motifs is 1. The summed E-state index contributed by atoms with van der Waals surface area (Å²) in [7, 11) is 1.64. The second-order valence-electron chi connectivity index (χ2n) is 11.1. The predicted octanol–water partition coefficient (Wildman–Crippen LogP) is 4.04. The van der Waals surface area contributed by atoms with E-state index in [0.717, 1.165) is 78.9 Å². The summed E-state index contributed by atoms with van der Waals surface area (Å²) in [5.74, 6) is 3.43. The molecule has 2 amide bonds. The van der Waals surface area contributed by atoms with Crippen LogP contribution in [0.1, 0.15) is 51.4 Å². The van der Waals surface area contributed by atoms with E-state index < -0.39 is 0 Å². The lowest BCUT2D eigenvalue weighted by Gasteiger charge is -2.56. The average molecular weight is 483 g/mol. The van der Waals surface area contributed by atoms with E-state index in [2.05, 4.69) is 20.5 Å². The molecule has 34 heavy (non-hydrogen) atoms. The summed E-state index contributed by atoms with van der Waals surface area (Å²) in [5.41, 5.74) is 0.782. The molecule has 182 valence electrons. The van der Waals surface area contributed by atoms with E-state index in [-0.39, 0.29) is 17.4 Å². The summed E-state index contributed by atoms with van der Waals surface area (Å²) in [6.07, 6.45) is 9.24. The Hall–Kier alpha value is -2.19. The summed E-state index contributed by atoms with van der Waals surface area (Å²) in [4.78, 5) is 32.6. The number of nitrogens with one attached hydrogen (secondary N) is 2. The SMILES string of the molecule is COc1ccc2nc(NC(=O)CN3CCC(NC(=O)C45CC6CC(CC(C6)C4)C5)CC3)sc2c1. The molecule has 4 aliphatic carbocycles. The van der Waals surface area contributed by atoms with E-state index in [4.69, 9.17) is 4.74 Å². The molecule has 7 rings (SSSR count). The van der Waals surface area contributed by atoms with Crippen molar-refractivity contribution in [3.63, 3.8) is 0 Å². The minimum absolute atomic E-state index is 0.0397. The normalized spacial score (nSPS) is 31.0. The van der Waals surface area contributed by atoms with Crippen molar-refractivity contribution in [1.29, 1.82) is 0 Å². The van der Waals surface area contributed by atoms with Gasteiger partial charge in [-0.3, -0.25) is 14.5 Å². The number of likely N-dealkylation sites (tertiary alicyclic amines) is 1. The number of anilines is 1. The maximum Gasteiger partial charge on any atom is 0.240 e. The van der Waals surface area contributed by atoms with E-state index >= 15 is 0 Å².